The van der Waals surface area contributed by atoms with Crippen molar-refractivity contribution >= 4 is 11.8 Å². The van der Waals surface area contributed by atoms with E-state index in [9.17, 15) is 9.59 Å². The molecule has 2 aromatic rings. The average molecular weight is 407 g/mol. The van der Waals surface area contributed by atoms with Gasteiger partial charge >= 0.3 is 0 Å². The number of piperidine rings is 2. The monoisotopic (exact) mass is 406 g/mol. The van der Waals surface area contributed by atoms with E-state index in [-0.39, 0.29) is 17.7 Å². The van der Waals surface area contributed by atoms with E-state index in [1.807, 2.05) is 47.1 Å². The highest BCUT2D eigenvalue weighted by atomic mass is 16.2. The van der Waals surface area contributed by atoms with Crippen LogP contribution in [0.1, 0.15) is 65.5 Å². The fraction of sp³-hybridized carbons (Fsp3) is 0.500. The zero-order chi connectivity index (χ0) is 20.9. The van der Waals surface area contributed by atoms with Crippen LogP contribution in [0.25, 0.3) is 0 Å². The third-order valence-corrected chi connectivity index (χ3v) is 6.21. The summed E-state index contributed by atoms with van der Waals surface area (Å²) in [4.78, 5) is 38.7. The topological polar surface area (TPSA) is 66.4 Å². The van der Waals surface area contributed by atoms with Crippen molar-refractivity contribution in [2.24, 2.45) is 0 Å². The Hall–Kier alpha value is -2.76. The van der Waals surface area contributed by atoms with Gasteiger partial charge in [-0.05, 0) is 44.6 Å². The summed E-state index contributed by atoms with van der Waals surface area (Å²) in [5.74, 6) is 1.07. The second-order valence-electron chi connectivity index (χ2n) is 8.42. The Kier molecular flexibility index (Phi) is 6.41. The van der Waals surface area contributed by atoms with Crippen molar-refractivity contribution in [2.45, 2.75) is 51.4 Å². The van der Waals surface area contributed by atoms with Crippen molar-refractivity contribution in [1.82, 2.24) is 19.8 Å². The van der Waals surface area contributed by atoms with Crippen molar-refractivity contribution < 1.29 is 9.59 Å². The molecule has 0 N–H and O–H groups in total. The second-order valence-corrected chi connectivity index (χ2v) is 8.42. The van der Waals surface area contributed by atoms with Crippen molar-refractivity contribution in [3.8, 4) is 0 Å². The second kappa shape index (κ2) is 9.37. The van der Waals surface area contributed by atoms with Crippen LogP contribution in [0.15, 0.2) is 36.5 Å². The number of likely N-dealkylation sites (tertiary alicyclic amines) is 2. The SMILES string of the molecule is Cc1nc([C@H]2CCCN(C(=O)Cc3ccccc3)C2)ncc1C(=O)N1CCCCC1. The molecule has 0 unspecified atom stereocenters. The minimum atomic E-state index is 0.0436. The number of aryl methyl sites for hydroxylation is 1. The molecule has 6 heteroatoms. The van der Waals surface area contributed by atoms with E-state index < -0.39 is 0 Å². The summed E-state index contributed by atoms with van der Waals surface area (Å²) in [6, 6.07) is 9.87. The minimum Gasteiger partial charge on any atom is -0.342 e. The number of carbonyl (C=O) groups is 2. The summed E-state index contributed by atoms with van der Waals surface area (Å²) in [6.07, 6.45) is 7.36. The summed E-state index contributed by atoms with van der Waals surface area (Å²) in [5.41, 5.74) is 2.38. The number of rotatable bonds is 4. The molecule has 1 atom stereocenters. The van der Waals surface area contributed by atoms with Gasteiger partial charge in [-0.15, -0.1) is 0 Å². The molecule has 0 aliphatic carbocycles. The molecule has 2 fully saturated rings. The van der Waals surface area contributed by atoms with Crippen LogP contribution in [0.4, 0.5) is 0 Å². The number of aromatic nitrogens is 2. The molecule has 158 valence electrons. The Morgan fingerprint density at radius 3 is 2.47 bits per heavy atom. The first-order valence-corrected chi connectivity index (χ1v) is 11.1. The Morgan fingerprint density at radius 2 is 1.73 bits per heavy atom. The average Bonchev–Trinajstić information content (AvgIpc) is 2.80. The van der Waals surface area contributed by atoms with Gasteiger partial charge in [-0.25, -0.2) is 9.97 Å². The number of benzene rings is 1. The van der Waals surface area contributed by atoms with E-state index >= 15 is 0 Å². The highest BCUT2D eigenvalue weighted by Gasteiger charge is 2.28. The molecule has 1 aromatic carbocycles. The van der Waals surface area contributed by atoms with E-state index in [1.165, 1.54) is 6.42 Å². The molecule has 0 spiro atoms. The van der Waals surface area contributed by atoms with Crippen LogP contribution in [0.5, 0.6) is 0 Å². The fourth-order valence-electron chi connectivity index (χ4n) is 4.46. The van der Waals surface area contributed by atoms with E-state index in [4.69, 9.17) is 4.98 Å². The molecule has 2 amide bonds. The molecule has 30 heavy (non-hydrogen) atoms. The van der Waals surface area contributed by atoms with Crippen LogP contribution in [-0.4, -0.2) is 57.8 Å². The standard InChI is InChI=1S/C24H30N4O2/c1-18-21(24(30)27-12-6-3-7-13-27)16-25-23(26-18)20-11-8-14-28(17-20)22(29)15-19-9-4-2-5-10-19/h2,4-5,9-10,16,20H,3,6-8,11-15,17H2,1H3/t20-/m0/s1. The number of nitrogens with zero attached hydrogens (tertiary/aromatic N) is 4. The normalized spacial score (nSPS) is 19.6. The molecule has 4 rings (SSSR count). The van der Waals surface area contributed by atoms with Crippen LogP contribution in [-0.2, 0) is 11.2 Å². The lowest BCUT2D eigenvalue weighted by atomic mass is 9.96. The maximum atomic E-state index is 12.8. The van der Waals surface area contributed by atoms with Gasteiger partial charge in [0.2, 0.25) is 5.91 Å². The third kappa shape index (κ3) is 4.69. The third-order valence-electron chi connectivity index (χ3n) is 6.21. The highest BCUT2D eigenvalue weighted by molar-refractivity contribution is 5.95. The van der Waals surface area contributed by atoms with E-state index in [0.29, 0.717) is 18.5 Å². The first kappa shape index (κ1) is 20.5. The molecule has 6 nitrogen and oxygen atoms in total. The summed E-state index contributed by atoms with van der Waals surface area (Å²) in [7, 11) is 0. The maximum Gasteiger partial charge on any atom is 0.257 e. The zero-order valence-electron chi connectivity index (χ0n) is 17.7. The fourth-order valence-corrected chi connectivity index (χ4v) is 4.46. The Balaban J connectivity index is 1.42. The molecule has 2 aliphatic rings. The maximum absolute atomic E-state index is 12.8. The number of hydrogen-bond acceptors (Lipinski definition) is 4. The lowest BCUT2D eigenvalue weighted by Gasteiger charge is -2.32. The molecule has 0 radical (unpaired) electrons. The van der Waals surface area contributed by atoms with Gasteiger partial charge in [-0.2, -0.15) is 0 Å². The van der Waals surface area contributed by atoms with Crippen LogP contribution in [0, 0.1) is 6.92 Å². The molecular weight excluding hydrogens is 376 g/mol. The Labute approximate surface area is 178 Å². The van der Waals surface area contributed by atoms with Crippen molar-refractivity contribution in [3.63, 3.8) is 0 Å². The van der Waals surface area contributed by atoms with Crippen LogP contribution < -0.4 is 0 Å². The zero-order valence-corrected chi connectivity index (χ0v) is 17.7. The predicted molar refractivity (Wildman–Crippen MR) is 115 cm³/mol. The molecule has 3 heterocycles. The van der Waals surface area contributed by atoms with Gasteiger partial charge in [0.15, 0.2) is 0 Å². The summed E-state index contributed by atoms with van der Waals surface area (Å²) in [5, 5.41) is 0. The quantitative estimate of drug-likeness (QED) is 0.781. The molecule has 0 bridgehead atoms. The largest absolute Gasteiger partial charge is 0.342 e. The summed E-state index contributed by atoms with van der Waals surface area (Å²) < 4.78 is 0. The molecule has 1 aromatic heterocycles. The predicted octanol–water partition coefficient (Wildman–Crippen LogP) is 3.36. The molecule has 2 saturated heterocycles. The smallest absolute Gasteiger partial charge is 0.257 e. The van der Waals surface area contributed by atoms with E-state index in [2.05, 4.69) is 4.98 Å². The van der Waals surface area contributed by atoms with Crippen molar-refractivity contribution in [2.75, 3.05) is 26.2 Å². The summed E-state index contributed by atoms with van der Waals surface area (Å²) >= 11 is 0. The van der Waals surface area contributed by atoms with E-state index in [0.717, 1.165) is 62.4 Å². The number of hydrogen-bond donors (Lipinski definition) is 0. The molecule has 0 saturated carbocycles. The lowest BCUT2D eigenvalue weighted by molar-refractivity contribution is -0.131. The van der Waals surface area contributed by atoms with Crippen molar-refractivity contribution in [1.29, 1.82) is 0 Å². The highest BCUT2D eigenvalue weighted by Crippen LogP contribution is 2.26. The van der Waals surface area contributed by atoms with E-state index in [1.54, 1.807) is 6.20 Å². The number of carbonyl (C=O) groups excluding carboxylic acids is 2. The van der Waals surface area contributed by atoms with Gasteiger partial charge in [0, 0.05) is 38.3 Å². The van der Waals surface area contributed by atoms with Gasteiger partial charge in [0.1, 0.15) is 5.82 Å². The van der Waals surface area contributed by atoms with Gasteiger partial charge in [-0.1, -0.05) is 30.3 Å². The first-order chi connectivity index (χ1) is 14.6. The lowest BCUT2D eigenvalue weighted by Crippen LogP contribution is -2.40. The molecule has 2 aliphatic heterocycles. The van der Waals surface area contributed by atoms with Crippen molar-refractivity contribution in [3.05, 3.63) is 59.2 Å². The van der Waals surface area contributed by atoms with Crippen LogP contribution in [0.2, 0.25) is 0 Å². The molecular formula is C24H30N4O2. The summed E-state index contributed by atoms with van der Waals surface area (Å²) in [6.45, 7) is 4.96. The van der Waals surface area contributed by atoms with Crippen LogP contribution in [0.3, 0.4) is 0 Å². The van der Waals surface area contributed by atoms with Crippen LogP contribution >= 0.6 is 0 Å². The van der Waals surface area contributed by atoms with Gasteiger partial charge in [-0.3, -0.25) is 9.59 Å². The van der Waals surface area contributed by atoms with Gasteiger partial charge in [0.25, 0.3) is 5.91 Å². The first-order valence-electron chi connectivity index (χ1n) is 11.1. The number of amides is 2. The Morgan fingerprint density at radius 1 is 1.00 bits per heavy atom. The minimum absolute atomic E-state index is 0.0436. The van der Waals surface area contributed by atoms with Gasteiger partial charge < -0.3 is 9.80 Å². The van der Waals surface area contributed by atoms with Gasteiger partial charge in [0.05, 0.1) is 17.7 Å². The Bertz CT molecular complexity index is 893.